The second-order valence-electron chi connectivity index (χ2n) is 35.1. The van der Waals surface area contributed by atoms with E-state index in [0.29, 0.717) is 0 Å². The van der Waals surface area contributed by atoms with Crippen LogP contribution in [0.25, 0.3) is 95.2 Å². The fourth-order valence-electron chi connectivity index (χ4n) is 18.3. The summed E-state index contributed by atoms with van der Waals surface area (Å²) in [6.45, 7) is 18.3. The van der Waals surface area contributed by atoms with E-state index in [2.05, 4.69) is 381 Å². The first kappa shape index (κ1) is 107. The zero-order valence-corrected chi connectivity index (χ0v) is 89.6. The number of nitrogens with zero attached hydrogens (tertiary/aromatic N) is 16. The van der Waals surface area contributed by atoms with Gasteiger partial charge in [0.25, 0.3) is 0 Å². The van der Waals surface area contributed by atoms with Gasteiger partial charge in [-0.3, -0.25) is 23.4 Å². The topological polar surface area (TPSA) is 109 Å². The fraction of sp³-hybridized carbons (Fsp3) is 0.0781. The van der Waals surface area contributed by atoms with Crippen molar-refractivity contribution in [3.05, 3.63) is 581 Å². The largest absolute Gasteiger partial charge is 3.00 e. The van der Waals surface area contributed by atoms with Crippen LogP contribution in [0.1, 0.15) is 56.4 Å². The number of para-hydroxylation sites is 6. The van der Waals surface area contributed by atoms with E-state index >= 15 is 0 Å². The normalized spacial score (nSPS) is 12.2. The Morgan fingerprint density at radius 3 is 0.905 bits per heavy atom. The van der Waals surface area contributed by atoms with Crippen molar-refractivity contribution in [2.75, 3.05) is 40.7 Å². The molecule has 0 saturated heterocycles. The molecule has 1 spiro atoms. The van der Waals surface area contributed by atoms with E-state index in [4.69, 9.17) is 0 Å². The summed E-state index contributed by atoms with van der Waals surface area (Å²) in [5.41, 5.74) is 37.0. The number of fused-ring (bicyclic) bond motifs is 11. The molecule has 1 radical (unpaired) electrons. The van der Waals surface area contributed by atoms with Gasteiger partial charge in [-0.25, -0.2) is 0 Å². The number of anilines is 5. The molecule has 26 rings (SSSR count). The Balaban J connectivity index is 0.000000131. The minimum Gasteiger partial charge on any atom is -0.510 e. The van der Waals surface area contributed by atoms with Gasteiger partial charge in [0.1, 0.15) is 0 Å². The molecule has 0 atom stereocenters. The minimum absolute atomic E-state index is 0. The van der Waals surface area contributed by atoms with Gasteiger partial charge in [-0.2, -0.15) is 215 Å². The van der Waals surface area contributed by atoms with Crippen molar-refractivity contribution in [1.29, 1.82) is 0 Å². The molecule has 5 aromatic heterocycles. The summed E-state index contributed by atoms with van der Waals surface area (Å²) in [5.74, 6) is 0. The summed E-state index contributed by atoms with van der Waals surface area (Å²) in [7, 11) is 6.08. The van der Waals surface area contributed by atoms with Crippen LogP contribution in [-0.4, -0.2) is 79.8 Å². The number of aromatic nitrogens is 10. The van der Waals surface area contributed by atoms with Crippen molar-refractivity contribution in [3.63, 3.8) is 0 Å². The number of hydrogen-bond donors (Lipinski definition) is 0. The van der Waals surface area contributed by atoms with E-state index in [1.165, 1.54) is 94.8 Å². The Bertz CT molecular complexity index is 7510. The Labute approximate surface area is 921 Å². The monoisotopic (exact) mass is 2280 g/mol. The van der Waals surface area contributed by atoms with Crippen molar-refractivity contribution in [2.45, 2.75) is 47.0 Å². The molecule has 0 saturated carbocycles. The number of rotatable bonds is 12. The van der Waals surface area contributed by atoms with E-state index in [1.54, 1.807) is 21.8 Å². The van der Waals surface area contributed by atoms with Gasteiger partial charge in [-0.1, -0.05) is 216 Å². The number of aryl methyl sites for hydroxylation is 6. The van der Waals surface area contributed by atoms with Gasteiger partial charge in [0.2, 0.25) is 0 Å². The third-order valence-electron chi connectivity index (χ3n) is 25.0. The summed E-state index contributed by atoms with van der Waals surface area (Å²) < 4.78 is 9.31. The zero-order chi connectivity index (χ0) is 98.7. The van der Waals surface area contributed by atoms with Crippen molar-refractivity contribution in [1.82, 2.24) is 58.7 Å². The first-order chi connectivity index (χ1) is 70.6. The van der Waals surface area contributed by atoms with Crippen molar-refractivity contribution in [3.8, 4) is 95.2 Å². The Morgan fingerprint density at radius 1 is 0.257 bits per heavy atom. The molecule has 3 aliphatic heterocycles. The van der Waals surface area contributed by atoms with Crippen LogP contribution >= 0.6 is 0 Å². The zero-order valence-electron chi connectivity index (χ0n) is 83.0. The Kier molecular flexibility index (Phi) is 36.3. The Hall–Kier alpha value is -15.7. The predicted octanol–water partition coefficient (Wildman–Crippen LogP) is 28.1. The third-order valence-corrected chi connectivity index (χ3v) is 25.0. The van der Waals surface area contributed by atoms with Crippen LogP contribution in [0.5, 0.6) is 0 Å². The summed E-state index contributed by atoms with van der Waals surface area (Å²) in [5, 5.41) is 21.5. The molecule has 5 aliphatic rings. The first-order valence-electron chi connectivity index (χ1n) is 47.8. The van der Waals surface area contributed by atoms with E-state index in [1.807, 2.05) is 263 Å². The molecule has 0 fully saturated rings. The molecule has 20 heteroatoms. The second-order valence-corrected chi connectivity index (χ2v) is 35.1. The molecule has 0 unspecified atom stereocenters. The van der Waals surface area contributed by atoms with Crippen LogP contribution in [0.3, 0.4) is 0 Å². The van der Waals surface area contributed by atoms with Gasteiger partial charge in [0.15, 0.2) is 0 Å². The molecule has 21 aromatic rings. The maximum absolute atomic E-state index is 4.63. The quantitative estimate of drug-likeness (QED) is 0.0862. The van der Waals surface area contributed by atoms with Crippen LogP contribution in [0, 0.1) is 110 Å². The molecule has 8 heterocycles. The van der Waals surface area contributed by atoms with E-state index in [-0.39, 0.29) is 83.3 Å². The molecular formula is C128H105N16Rh4. The predicted molar refractivity (Wildman–Crippen MR) is 583 cm³/mol. The average molecular weight is 2280 g/mol. The number of benzene rings is 16. The second kappa shape index (κ2) is 50.4. The Morgan fingerprint density at radius 2 is 0.574 bits per heavy atom. The van der Waals surface area contributed by atoms with Crippen molar-refractivity contribution in [2.24, 2.45) is 0 Å². The van der Waals surface area contributed by atoms with Gasteiger partial charge in [-0.15, -0.1) is 87.8 Å². The summed E-state index contributed by atoms with van der Waals surface area (Å²) in [6, 6.07) is 166. The molecule has 148 heavy (non-hydrogen) atoms. The van der Waals surface area contributed by atoms with Crippen molar-refractivity contribution >= 4 is 28.4 Å². The number of hydrogen-bond acceptors (Lipinski definition) is 11. The van der Waals surface area contributed by atoms with Crippen LogP contribution < -0.4 is 19.6 Å². The van der Waals surface area contributed by atoms with Gasteiger partial charge in [-0.05, 0) is 203 Å². The summed E-state index contributed by atoms with van der Waals surface area (Å²) in [4.78, 5) is 12.4. The maximum atomic E-state index is 4.63. The standard InChI is InChI=1S/C36H25N2.C20H16N2.2C16H14N2.2C11H11N2.2C9H7N2.4Rh/c1-23-21-24(2)38(37-23)27-18-15-25(16-19-27)26-17-20-31-30-11-5-8-14-34(30)36(35(31)22-26)32-12-6-3-9-28(32)29-10-4-7-13-33(29)36;1-21-15-22(20-10-6-5-9-19(20)21)18-13-11-17(12-14-18)16-7-3-2-4-8-16;2*1-17-11-12-18(13-17)16-9-7-15(8-10-16)14-5-3-2-4-6-14;2*1-9-8-10(2)13(12-9)11-6-4-3-5-7-11;2*1-2-5-9(6-3-1)11-8-4-7-10-11;;;;/h3-18,20-22H,1-2H3;2-13,15H,1H3;2*2-9,11-13H,1H3;2*3-6,8H,1-2H3;2*1-5,7-8H;;;;/q-1;3*-2;4*-1;+2;3*+3. The van der Waals surface area contributed by atoms with E-state index in [0.717, 1.165) is 85.2 Å². The summed E-state index contributed by atoms with van der Waals surface area (Å²) in [6.07, 6.45) is 15.4. The van der Waals surface area contributed by atoms with E-state index in [9.17, 15) is 0 Å². The van der Waals surface area contributed by atoms with E-state index < -0.39 is 0 Å². The van der Waals surface area contributed by atoms with Gasteiger partial charge in [0.05, 0.1) is 22.5 Å². The smallest absolute Gasteiger partial charge is 0.510 e. The maximum Gasteiger partial charge on any atom is 3.00 e. The van der Waals surface area contributed by atoms with Crippen LogP contribution in [-0.2, 0) is 83.3 Å². The first-order valence-corrected chi connectivity index (χ1v) is 47.8. The third kappa shape index (κ3) is 24.7. The van der Waals surface area contributed by atoms with Gasteiger partial charge < -0.3 is 29.4 Å². The molecule has 0 bridgehead atoms. The van der Waals surface area contributed by atoms with Gasteiger partial charge in [0, 0.05) is 53.2 Å². The fourth-order valence-corrected chi connectivity index (χ4v) is 18.3. The van der Waals surface area contributed by atoms with Crippen LogP contribution in [0.4, 0.5) is 28.4 Å². The van der Waals surface area contributed by atoms with Crippen molar-refractivity contribution < 1.29 is 77.9 Å². The molecule has 16 aromatic carbocycles. The van der Waals surface area contributed by atoms with Crippen LogP contribution in [0.2, 0.25) is 0 Å². The van der Waals surface area contributed by atoms with Crippen LogP contribution in [0.15, 0.2) is 456 Å². The summed E-state index contributed by atoms with van der Waals surface area (Å²) >= 11 is 0. The minimum atomic E-state index is -0.317. The molecule has 2 aliphatic carbocycles. The average Bonchev–Trinajstić information content (AvgIpc) is 1.51. The molecular weight excluding hydrogens is 2170 g/mol. The molecule has 16 nitrogen and oxygen atoms in total. The molecule has 0 amide bonds. The molecule has 0 N–H and O–H groups in total. The SMILES string of the molecule is CN1C=CN(c2[c-]cc(-c3ccccc3)cc2)[CH-]1.CN1C=CN(c2[c-]cc(-c3ccccc3)cc2)[CH-]1.CN1[CH-]N(c2[c-]cc(-c3ccccc3)cc2)c2ccccc21.Cc1cc(C)n(-c2[c-]cc(-c3ccc4c(c3)C3(c5ccccc5-c5ccccc53)c3ccccc3-4)cc2)n1.Cc1cc(C)n(-c2[c-]cccc2)n1.Cc1cc(C)n(-c2[c-]cccc2)n1.[Rh+2].[Rh+3].[Rh+3].[Rh+3].[c-]1ccccc1-n1cccn1.[c-]1ccccc1-n1cccn1. The van der Waals surface area contributed by atoms with Gasteiger partial charge >= 0.3 is 77.9 Å². The molecule has 733 valence electrons.